The average molecular weight is 389 g/mol. The number of benzene rings is 1. The highest BCUT2D eigenvalue weighted by molar-refractivity contribution is 5.76. The number of amides is 1. The molecule has 0 fully saturated rings. The zero-order valence-corrected chi connectivity index (χ0v) is 15.8. The molecule has 0 N–H and O–H groups in total. The van der Waals surface area contributed by atoms with Crippen molar-refractivity contribution in [3.63, 3.8) is 0 Å². The van der Waals surface area contributed by atoms with Crippen LogP contribution in [0.15, 0.2) is 40.2 Å². The van der Waals surface area contributed by atoms with Crippen molar-refractivity contribution in [3.05, 3.63) is 57.2 Å². The molecule has 0 radical (unpaired) electrons. The van der Waals surface area contributed by atoms with Gasteiger partial charge < -0.3 is 14.2 Å². The van der Waals surface area contributed by atoms with Crippen LogP contribution in [-0.2, 0) is 25.4 Å². The highest BCUT2D eigenvalue weighted by atomic mass is 19.1. The quantitative estimate of drug-likeness (QED) is 0.597. The summed E-state index contributed by atoms with van der Waals surface area (Å²) in [7, 11) is 4.65. The Bertz CT molecular complexity index is 1150. The van der Waals surface area contributed by atoms with Crippen LogP contribution in [-0.4, -0.2) is 49.7 Å². The molecule has 9 nitrogen and oxygen atoms in total. The van der Waals surface area contributed by atoms with Crippen molar-refractivity contribution in [3.8, 4) is 5.75 Å². The van der Waals surface area contributed by atoms with E-state index in [9.17, 15) is 18.8 Å². The van der Waals surface area contributed by atoms with Crippen LogP contribution < -0.4 is 16.0 Å². The van der Waals surface area contributed by atoms with E-state index < -0.39 is 29.5 Å². The molecule has 0 aliphatic rings. The fourth-order valence-electron chi connectivity index (χ4n) is 2.77. The fraction of sp³-hybridized carbons (Fsp3) is 0.333. The summed E-state index contributed by atoms with van der Waals surface area (Å²) in [6.45, 7) is -0.185. The van der Waals surface area contributed by atoms with Crippen LogP contribution >= 0.6 is 0 Å². The van der Waals surface area contributed by atoms with Gasteiger partial charge >= 0.3 is 5.69 Å². The van der Waals surface area contributed by atoms with E-state index in [2.05, 4.69) is 4.98 Å². The average Bonchev–Trinajstić information content (AvgIpc) is 3.06. The summed E-state index contributed by atoms with van der Waals surface area (Å²) >= 11 is 0. The third kappa shape index (κ3) is 3.53. The number of hydrogen-bond donors (Lipinski definition) is 0. The van der Waals surface area contributed by atoms with E-state index >= 15 is 0 Å². The second kappa shape index (κ2) is 7.67. The number of hydrogen-bond acceptors (Lipinski definition) is 5. The molecule has 1 amide bonds. The van der Waals surface area contributed by atoms with Gasteiger partial charge in [-0.1, -0.05) is 12.1 Å². The molecule has 3 aromatic rings. The van der Waals surface area contributed by atoms with Crippen LogP contribution in [0.25, 0.3) is 11.2 Å². The molecule has 0 aliphatic heterocycles. The van der Waals surface area contributed by atoms with E-state index in [0.29, 0.717) is 0 Å². The van der Waals surface area contributed by atoms with Crippen LogP contribution in [0, 0.1) is 5.82 Å². The number of ether oxygens (including phenoxy) is 1. The maximum atomic E-state index is 13.5. The smallest absolute Gasteiger partial charge is 0.332 e. The van der Waals surface area contributed by atoms with Gasteiger partial charge in [-0.2, -0.15) is 0 Å². The largest absolute Gasteiger partial charge is 0.489 e. The molecule has 0 spiro atoms. The van der Waals surface area contributed by atoms with Gasteiger partial charge in [-0.25, -0.2) is 18.7 Å². The van der Waals surface area contributed by atoms with Gasteiger partial charge in [0.15, 0.2) is 22.7 Å². The minimum atomic E-state index is -0.624. The summed E-state index contributed by atoms with van der Waals surface area (Å²) in [6.07, 6.45) is 1.43. The topological polar surface area (TPSA) is 91.4 Å². The number of carbonyl (C=O) groups is 1. The summed E-state index contributed by atoms with van der Waals surface area (Å²) in [5.74, 6) is -0.844. The minimum Gasteiger partial charge on any atom is -0.489 e. The standard InChI is InChI=1S/C18H20FN5O4/c1-21(8-9-28-13-7-5-4-6-12(13)19)14(25)10-24-17(26)15-16(20-11-22(15)2)23(3)18(24)27/h4-7,11H,8-10H2,1-3H3. The number of halogens is 1. The van der Waals surface area contributed by atoms with Crippen molar-refractivity contribution < 1.29 is 13.9 Å². The molecule has 1 aromatic carbocycles. The van der Waals surface area contributed by atoms with Gasteiger partial charge in [0.05, 0.1) is 12.9 Å². The first-order chi connectivity index (χ1) is 13.3. The Morgan fingerprint density at radius 3 is 2.68 bits per heavy atom. The monoisotopic (exact) mass is 389 g/mol. The maximum absolute atomic E-state index is 13.5. The molecule has 0 bridgehead atoms. The van der Waals surface area contributed by atoms with Gasteiger partial charge in [0, 0.05) is 21.1 Å². The lowest BCUT2D eigenvalue weighted by molar-refractivity contribution is -0.131. The van der Waals surface area contributed by atoms with Crippen molar-refractivity contribution >= 4 is 17.1 Å². The third-order valence-corrected chi connectivity index (χ3v) is 4.44. The van der Waals surface area contributed by atoms with Crippen LogP contribution in [0.4, 0.5) is 4.39 Å². The molecule has 0 atom stereocenters. The number of para-hydroxylation sites is 1. The Morgan fingerprint density at radius 2 is 1.96 bits per heavy atom. The Labute approximate surface area is 159 Å². The van der Waals surface area contributed by atoms with Gasteiger partial charge in [0.25, 0.3) is 5.56 Å². The first-order valence-corrected chi connectivity index (χ1v) is 8.53. The van der Waals surface area contributed by atoms with Crippen LogP contribution in [0.2, 0.25) is 0 Å². The summed E-state index contributed by atoms with van der Waals surface area (Å²) < 4.78 is 22.5. The molecule has 0 aliphatic carbocycles. The number of rotatable bonds is 6. The van der Waals surface area contributed by atoms with E-state index in [1.807, 2.05) is 0 Å². The van der Waals surface area contributed by atoms with Gasteiger partial charge in [-0.15, -0.1) is 0 Å². The lowest BCUT2D eigenvalue weighted by Gasteiger charge is -2.18. The van der Waals surface area contributed by atoms with E-state index in [1.54, 1.807) is 19.2 Å². The molecule has 0 unspecified atom stereocenters. The fourth-order valence-corrected chi connectivity index (χ4v) is 2.77. The number of aryl methyl sites for hydroxylation is 2. The molecular formula is C18H20FN5O4. The normalized spacial score (nSPS) is 11.0. The van der Waals surface area contributed by atoms with E-state index in [4.69, 9.17) is 4.74 Å². The summed E-state index contributed by atoms with van der Waals surface area (Å²) in [5.41, 5.74) is -0.712. The van der Waals surface area contributed by atoms with Gasteiger partial charge in [-0.3, -0.25) is 14.2 Å². The first kappa shape index (κ1) is 19.3. The van der Waals surface area contributed by atoms with Gasteiger partial charge in [0.2, 0.25) is 5.91 Å². The third-order valence-electron chi connectivity index (χ3n) is 4.44. The van der Waals surface area contributed by atoms with Crippen molar-refractivity contribution in [2.24, 2.45) is 14.1 Å². The maximum Gasteiger partial charge on any atom is 0.332 e. The van der Waals surface area contributed by atoms with Crippen molar-refractivity contribution in [1.29, 1.82) is 0 Å². The zero-order chi connectivity index (χ0) is 20.4. The van der Waals surface area contributed by atoms with Crippen molar-refractivity contribution in [2.45, 2.75) is 6.54 Å². The molecule has 0 saturated carbocycles. The van der Waals surface area contributed by atoms with Crippen LogP contribution in [0.5, 0.6) is 5.75 Å². The molecule has 0 saturated heterocycles. The number of aromatic nitrogens is 4. The number of fused-ring (bicyclic) bond motifs is 1. The molecule has 10 heteroatoms. The van der Waals surface area contributed by atoms with Gasteiger partial charge in [0.1, 0.15) is 13.2 Å². The minimum absolute atomic E-state index is 0.0663. The van der Waals surface area contributed by atoms with Crippen molar-refractivity contribution in [2.75, 3.05) is 20.2 Å². The summed E-state index contributed by atoms with van der Waals surface area (Å²) in [4.78, 5) is 42.9. The Kier molecular flexibility index (Phi) is 5.30. The predicted molar refractivity (Wildman–Crippen MR) is 99.7 cm³/mol. The molecule has 148 valence electrons. The summed E-state index contributed by atoms with van der Waals surface area (Å²) in [6, 6.07) is 5.96. The zero-order valence-electron chi connectivity index (χ0n) is 15.8. The second-order valence-electron chi connectivity index (χ2n) is 6.35. The van der Waals surface area contributed by atoms with E-state index in [1.165, 1.54) is 46.6 Å². The second-order valence-corrected chi connectivity index (χ2v) is 6.35. The molecular weight excluding hydrogens is 369 g/mol. The molecule has 3 rings (SSSR count). The highest BCUT2D eigenvalue weighted by Gasteiger charge is 2.18. The number of nitrogens with zero attached hydrogens (tertiary/aromatic N) is 5. The highest BCUT2D eigenvalue weighted by Crippen LogP contribution is 2.15. The van der Waals surface area contributed by atoms with E-state index in [-0.39, 0.29) is 30.1 Å². The van der Waals surface area contributed by atoms with Crippen molar-refractivity contribution in [1.82, 2.24) is 23.6 Å². The first-order valence-electron chi connectivity index (χ1n) is 8.53. The Hall–Kier alpha value is -3.43. The number of imidazole rings is 1. The van der Waals surface area contributed by atoms with Crippen LogP contribution in [0.3, 0.4) is 0 Å². The summed E-state index contributed by atoms with van der Waals surface area (Å²) in [5, 5.41) is 0. The molecule has 2 aromatic heterocycles. The van der Waals surface area contributed by atoms with E-state index in [0.717, 1.165) is 4.57 Å². The Morgan fingerprint density at radius 1 is 1.25 bits per heavy atom. The predicted octanol–water partition coefficient (Wildman–Crippen LogP) is 0.110. The SMILES string of the molecule is CN(CCOc1ccccc1F)C(=O)Cn1c(=O)c2c(ncn2C)n(C)c1=O. The number of likely N-dealkylation sites (N-methyl/N-ethyl adjacent to an activating group) is 1. The lowest BCUT2D eigenvalue weighted by atomic mass is 10.3. The Balaban J connectivity index is 1.72. The van der Waals surface area contributed by atoms with Crippen LogP contribution in [0.1, 0.15) is 0 Å². The lowest BCUT2D eigenvalue weighted by Crippen LogP contribution is -2.44. The molecule has 2 heterocycles. The number of carbonyl (C=O) groups excluding carboxylic acids is 1. The van der Waals surface area contributed by atoms with Gasteiger partial charge in [-0.05, 0) is 12.1 Å². The molecule has 28 heavy (non-hydrogen) atoms.